The third kappa shape index (κ3) is 4.46. The van der Waals surface area contributed by atoms with E-state index < -0.39 is 0 Å². The molecule has 0 spiro atoms. The first-order valence-corrected chi connectivity index (χ1v) is 10.7. The number of hydrogen-bond acceptors (Lipinski definition) is 6. The Balaban J connectivity index is 1.22. The summed E-state index contributed by atoms with van der Waals surface area (Å²) in [4.78, 5) is 7.23. The zero-order valence-electron chi connectivity index (χ0n) is 17.5. The molecule has 7 nitrogen and oxygen atoms in total. The molecule has 2 aromatic heterocycles. The highest BCUT2D eigenvalue weighted by molar-refractivity contribution is 5.24. The van der Waals surface area contributed by atoms with Crippen LogP contribution in [-0.2, 0) is 24.8 Å². The zero-order valence-corrected chi connectivity index (χ0v) is 17.5. The average Bonchev–Trinajstić information content (AvgIpc) is 3.28. The predicted molar refractivity (Wildman–Crippen MR) is 106 cm³/mol. The van der Waals surface area contributed by atoms with E-state index in [0.717, 1.165) is 76.2 Å². The molecule has 4 rings (SSSR count). The largest absolute Gasteiger partial charge is 0.381 e. The van der Waals surface area contributed by atoms with Crippen LogP contribution in [0.4, 0.5) is 0 Å². The number of piperidine rings is 1. The van der Waals surface area contributed by atoms with E-state index in [0.29, 0.717) is 5.92 Å². The summed E-state index contributed by atoms with van der Waals surface area (Å²) in [6.45, 7) is 9.25. The van der Waals surface area contributed by atoms with E-state index in [1.54, 1.807) is 0 Å². The van der Waals surface area contributed by atoms with E-state index in [9.17, 15) is 0 Å². The molecule has 4 heterocycles. The molecule has 0 N–H and O–H groups in total. The molecule has 0 saturated carbocycles. The van der Waals surface area contributed by atoms with Gasteiger partial charge in [-0.2, -0.15) is 10.1 Å². The van der Waals surface area contributed by atoms with Gasteiger partial charge in [0.15, 0.2) is 5.82 Å². The second-order valence-electron chi connectivity index (χ2n) is 8.47. The monoisotopic (exact) mass is 387 g/mol. The van der Waals surface area contributed by atoms with Crippen molar-refractivity contribution in [1.29, 1.82) is 0 Å². The van der Waals surface area contributed by atoms with Crippen molar-refractivity contribution < 1.29 is 9.26 Å². The van der Waals surface area contributed by atoms with E-state index in [-0.39, 0.29) is 0 Å². The molecule has 0 radical (unpaired) electrons. The van der Waals surface area contributed by atoms with Crippen molar-refractivity contribution in [3.8, 4) is 0 Å². The summed E-state index contributed by atoms with van der Waals surface area (Å²) in [5.74, 6) is 2.84. The van der Waals surface area contributed by atoms with Gasteiger partial charge in [0.05, 0.1) is 5.69 Å². The van der Waals surface area contributed by atoms with E-state index >= 15 is 0 Å². The van der Waals surface area contributed by atoms with Crippen LogP contribution in [0.25, 0.3) is 0 Å². The van der Waals surface area contributed by atoms with Crippen molar-refractivity contribution in [3.05, 3.63) is 28.7 Å². The Labute approximate surface area is 167 Å². The van der Waals surface area contributed by atoms with Crippen LogP contribution in [0.5, 0.6) is 0 Å². The first kappa shape index (κ1) is 19.6. The van der Waals surface area contributed by atoms with Crippen molar-refractivity contribution in [2.75, 3.05) is 26.3 Å². The molecule has 28 heavy (non-hydrogen) atoms. The Hall–Kier alpha value is -1.73. The molecule has 7 heteroatoms. The Kier molecular flexibility index (Phi) is 6.11. The molecule has 2 aliphatic heterocycles. The molecular weight excluding hydrogens is 354 g/mol. The fourth-order valence-electron chi connectivity index (χ4n) is 4.52. The molecule has 2 fully saturated rings. The Bertz CT molecular complexity index is 770. The van der Waals surface area contributed by atoms with Crippen LogP contribution in [0, 0.1) is 19.8 Å². The van der Waals surface area contributed by atoms with Crippen LogP contribution in [0.2, 0.25) is 0 Å². The number of aromatic nitrogens is 4. The maximum atomic E-state index is 5.52. The lowest BCUT2D eigenvalue weighted by molar-refractivity contribution is 0.0778. The first-order chi connectivity index (χ1) is 13.6. The predicted octanol–water partition coefficient (Wildman–Crippen LogP) is 3.16. The summed E-state index contributed by atoms with van der Waals surface area (Å²) in [5, 5.41) is 8.77. The highest BCUT2D eigenvalue weighted by Crippen LogP contribution is 2.27. The summed E-state index contributed by atoms with van der Waals surface area (Å²) in [7, 11) is 2.03. The maximum absolute atomic E-state index is 5.52. The van der Waals surface area contributed by atoms with Gasteiger partial charge in [-0.25, -0.2) is 0 Å². The Morgan fingerprint density at radius 1 is 1.07 bits per heavy atom. The molecule has 0 atom stereocenters. The fraction of sp³-hybridized carbons (Fsp3) is 0.762. The van der Waals surface area contributed by atoms with E-state index in [1.165, 1.54) is 29.8 Å². The molecule has 0 aliphatic carbocycles. The molecule has 2 aromatic rings. The summed E-state index contributed by atoms with van der Waals surface area (Å²) < 4.78 is 12.9. The molecular formula is C21H33N5O2. The van der Waals surface area contributed by atoms with E-state index in [2.05, 4.69) is 34.0 Å². The normalized spacial score (nSPS) is 20.1. The van der Waals surface area contributed by atoms with Gasteiger partial charge < -0.3 is 9.26 Å². The smallest absolute Gasteiger partial charge is 0.229 e. The lowest BCUT2D eigenvalue weighted by Gasteiger charge is -2.31. The second-order valence-corrected chi connectivity index (χ2v) is 8.47. The number of hydrogen-bond donors (Lipinski definition) is 0. The van der Waals surface area contributed by atoms with Crippen LogP contribution in [0.3, 0.4) is 0 Å². The van der Waals surface area contributed by atoms with Gasteiger partial charge in [0.25, 0.3) is 0 Å². The maximum Gasteiger partial charge on any atom is 0.229 e. The fourth-order valence-corrected chi connectivity index (χ4v) is 4.52. The van der Waals surface area contributed by atoms with Crippen molar-refractivity contribution in [2.45, 2.75) is 64.8 Å². The van der Waals surface area contributed by atoms with Crippen molar-refractivity contribution in [3.63, 3.8) is 0 Å². The summed E-state index contributed by atoms with van der Waals surface area (Å²) in [6, 6.07) is 0. The highest BCUT2D eigenvalue weighted by Gasteiger charge is 2.24. The van der Waals surface area contributed by atoms with E-state index in [1.807, 2.05) is 11.7 Å². The van der Waals surface area contributed by atoms with Gasteiger partial charge in [0.2, 0.25) is 5.89 Å². The van der Waals surface area contributed by atoms with Gasteiger partial charge in [0.1, 0.15) is 0 Å². The van der Waals surface area contributed by atoms with Crippen LogP contribution in [0.15, 0.2) is 4.52 Å². The molecule has 2 saturated heterocycles. The third-order valence-electron chi connectivity index (χ3n) is 6.58. The van der Waals surface area contributed by atoms with Gasteiger partial charge >= 0.3 is 0 Å². The topological polar surface area (TPSA) is 69.2 Å². The molecule has 0 bridgehead atoms. The number of nitrogens with zero attached hydrogens (tertiary/aromatic N) is 5. The molecule has 0 unspecified atom stereocenters. The van der Waals surface area contributed by atoms with Crippen LogP contribution in [0.1, 0.15) is 66.7 Å². The summed E-state index contributed by atoms with van der Waals surface area (Å²) in [6.07, 6.45) is 6.59. The number of aryl methyl sites for hydroxylation is 3. The summed E-state index contributed by atoms with van der Waals surface area (Å²) >= 11 is 0. The lowest BCUT2D eigenvalue weighted by Crippen LogP contribution is -2.33. The Morgan fingerprint density at radius 3 is 2.50 bits per heavy atom. The van der Waals surface area contributed by atoms with Gasteiger partial charge in [-0.3, -0.25) is 9.58 Å². The molecule has 2 aliphatic rings. The first-order valence-electron chi connectivity index (χ1n) is 10.7. The number of likely N-dealkylation sites (tertiary alicyclic amines) is 1. The number of rotatable bonds is 6. The van der Waals surface area contributed by atoms with Gasteiger partial charge in [0, 0.05) is 50.4 Å². The number of ether oxygens (including phenoxy) is 1. The van der Waals surface area contributed by atoms with Gasteiger partial charge in [-0.1, -0.05) is 5.16 Å². The lowest BCUT2D eigenvalue weighted by atomic mass is 9.92. The minimum Gasteiger partial charge on any atom is -0.381 e. The zero-order chi connectivity index (χ0) is 19.5. The second kappa shape index (κ2) is 8.74. The standard InChI is InChI=1S/C21H33N5O2/c1-15-19(16(2)25(3)23-15)14-26-10-6-17(7-11-26)4-5-20-22-21(28-24-20)18-8-12-27-13-9-18/h17-18H,4-14H2,1-3H3. The average molecular weight is 388 g/mol. The minimum absolute atomic E-state index is 0.387. The quantitative estimate of drug-likeness (QED) is 0.758. The van der Waals surface area contributed by atoms with E-state index in [4.69, 9.17) is 9.26 Å². The molecule has 154 valence electrons. The van der Waals surface area contributed by atoms with Gasteiger partial charge in [-0.15, -0.1) is 0 Å². The molecule has 0 amide bonds. The van der Waals surface area contributed by atoms with Crippen molar-refractivity contribution in [1.82, 2.24) is 24.8 Å². The third-order valence-corrected chi connectivity index (χ3v) is 6.58. The highest BCUT2D eigenvalue weighted by atomic mass is 16.5. The minimum atomic E-state index is 0.387. The van der Waals surface area contributed by atoms with Gasteiger partial charge in [-0.05, 0) is 65.0 Å². The Morgan fingerprint density at radius 2 is 1.82 bits per heavy atom. The van der Waals surface area contributed by atoms with Crippen molar-refractivity contribution in [2.24, 2.45) is 13.0 Å². The molecule has 0 aromatic carbocycles. The van der Waals surface area contributed by atoms with Crippen LogP contribution >= 0.6 is 0 Å². The van der Waals surface area contributed by atoms with Crippen LogP contribution in [-0.4, -0.2) is 51.1 Å². The van der Waals surface area contributed by atoms with Crippen LogP contribution < -0.4 is 0 Å². The summed E-state index contributed by atoms with van der Waals surface area (Å²) in [5.41, 5.74) is 3.85. The SMILES string of the molecule is Cc1nn(C)c(C)c1CN1CCC(CCc2noc(C3CCOCC3)n2)CC1. The van der Waals surface area contributed by atoms with Crippen molar-refractivity contribution >= 4 is 0 Å².